The highest BCUT2D eigenvalue weighted by molar-refractivity contribution is 7.13. The van der Waals surface area contributed by atoms with E-state index < -0.39 is 0 Å². The van der Waals surface area contributed by atoms with Crippen molar-refractivity contribution in [1.29, 1.82) is 0 Å². The van der Waals surface area contributed by atoms with E-state index in [4.69, 9.17) is 9.47 Å². The topological polar surface area (TPSA) is 65.4 Å². The fourth-order valence-electron chi connectivity index (χ4n) is 2.84. The van der Waals surface area contributed by atoms with Crippen LogP contribution in [0.5, 0.6) is 11.5 Å². The Hall–Kier alpha value is -2.80. The van der Waals surface area contributed by atoms with E-state index in [1.54, 1.807) is 25.6 Å². The van der Waals surface area contributed by atoms with Crippen molar-refractivity contribution in [3.05, 3.63) is 53.0 Å². The summed E-state index contributed by atoms with van der Waals surface area (Å²) in [6, 6.07) is 11.6. The van der Waals surface area contributed by atoms with Crippen LogP contribution in [0.15, 0.2) is 41.8 Å². The molecule has 1 N–H and O–H groups in total. The zero-order valence-corrected chi connectivity index (χ0v) is 16.5. The molecule has 0 radical (unpaired) electrons. The van der Waals surface area contributed by atoms with Crippen molar-refractivity contribution in [2.75, 3.05) is 20.8 Å². The van der Waals surface area contributed by atoms with Gasteiger partial charge in [0.15, 0.2) is 17.2 Å². The van der Waals surface area contributed by atoms with Gasteiger partial charge in [0, 0.05) is 13.1 Å². The van der Waals surface area contributed by atoms with E-state index >= 15 is 0 Å². The van der Waals surface area contributed by atoms with E-state index in [0.29, 0.717) is 36.7 Å². The summed E-state index contributed by atoms with van der Waals surface area (Å²) in [6.07, 6.45) is 0.693. The van der Waals surface area contributed by atoms with Crippen LogP contribution in [-0.4, -0.2) is 36.5 Å². The van der Waals surface area contributed by atoms with Crippen LogP contribution in [0.3, 0.4) is 0 Å². The number of benzene rings is 1. The molecule has 0 aliphatic carbocycles. The van der Waals surface area contributed by atoms with E-state index in [2.05, 4.69) is 10.4 Å². The SMILES string of the molecule is CCn1nc(C(=O)NCCc2ccc(OC)c(OC)c2)cc1-c1cccs1. The summed E-state index contributed by atoms with van der Waals surface area (Å²) in [5.74, 6) is 1.21. The average molecular weight is 385 g/mol. The maximum absolute atomic E-state index is 12.5. The highest BCUT2D eigenvalue weighted by atomic mass is 32.1. The number of carbonyl (C=O) groups excluding carboxylic acids is 1. The van der Waals surface area contributed by atoms with Crippen LogP contribution in [0, 0.1) is 0 Å². The Bertz CT molecular complexity index is 903. The average Bonchev–Trinajstić information content (AvgIpc) is 3.36. The first-order valence-corrected chi connectivity index (χ1v) is 9.65. The standard InChI is InChI=1S/C20H23N3O3S/c1-4-23-16(19-6-5-11-27-19)13-15(22-23)20(24)21-10-9-14-7-8-17(25-2)18(12-14)26-3/h5-8,11-13H,4,9-10H2,1-3H3,(H,21,24). The minimum Gasteiger partial charge on any atom is -0.493 e. The summed E-state index contributed by atoms with van der Waals surface area (Å²) in [5, 5.41) is 9.39. The molecule has 0 saturated heterocycles. The first-order valence-electron chi connectivity index (χ1n) is 8.77. The largest absolute Gasteiger partial charge is 0.493 e. The number of nitrogens with one attached hydrogen (secondary N) is 1. The zero-order valence-electron chi connectivity index (χ0n) is 15.7. The Labute approximate surface area is 162 Å². The lowest BCUT2D eigenvalue weighted by atomic mass is 10.1. The molecule has 3 rings (SSSR count). The quantitative estimate of drug-likeness (QED) is 0.643. The summed E-state index contributed by atoms with van der Waals surface area (Å²) in [4.78, 5) is 13.6. The van der Waals surface area contributed by atoms with Crippen molar-refractivity contribution in [1.82, 2.24) is 15.1 Å². The van der Waals surface area contributed by atoms with E-state index in [1.165, 1.54) is 0 Å². The van der Waals surface area contributed by atoms with Gasteiger partial charge in [0.05, 0.1) is 24.8 Å². The Kier molecular flexibility index (Phi) is 6.13. The number of nitrogens with zero attached hydrogens (tertiary/aromatic N) is 2. The molecule has 142 valence electrons. The van der Waals surface area contributed by atoms with Crippen molar-refractivity contribution in [3.8, 4) is 22.1 Å². The first-order chi connectivity index (χ1) is 13.2. The Morgan fingerprint density at radius 3 is 2.67 bits per heavy atom. The molecule has 0 unspecified atom stereocenters. The van der Waals surface area contributed by atoms with Crippen LogP contribution in [0.2, 0.25) is 0 Å². The van der Waals surface area contributed by atoms with Gasteiger partial charge in [-0.2, -0.15) is 5.10 Å². The fourth-order valence-corrected chi connectivity index (χ4v) is 3.58. The van der Waals surface area contributed by atoms with Gasteiger partial charge in [0.2, 0.25) is 0 Å². The normalized spacial score (nSPS) is 10.6. The molecule has 6 nitrogen and oxygen atoms in total. The molecule has 7 heteroatoms. The summed E-state index contributed by atoms with van der Waals surface area (Å²) in [5.41, 5.74) is 2.47. The molecule has 3 aromatic rings. The van der Waals surface area contributed by atoms with Crippen molar-refractivity contribution in [2.24, 2.45) is 0 Å². The molecular formula is C20H23N3O3S. The minimum absolute atomic E-state index is 0.166. The van der Waals surface area contributed by atoms with E-state index in [1.807, 2.05) is 53.4 Å². The van der Waals surface area contributed by atoms with Gasteiger partial charge in [-0.3, -0.25) is 9.48 Å². The molecule has 0 bridgehead atoms. The number of amides is 1. The first kappa shape index (κ1) is 19.0. The molecule has 0 spiro atoms. The third kappa shape index (κ3) is 4.31. The van der Waals surface area contributed by atoms with Gasteiger partial charge < -0.3 is 14.8 Å². The summed E-state index contributed by atoms with van der Waals surface area (Å²) in [7, 11) is 3.22. The molecule has 27 heavy (non-hydrogen) atoms. The van der Waals surface area contributed by atoms with Crippen molar-refractivity contribution in [2.45, 2.75) is 19.9 Å². The number of carbonyl (C=O) groups is 1. The second kappa shape index (κ2) is 8.73. The smallest absolute Gasteiger partial charge is 0.271 e. The van der Waals surface area contributed by atoms with Gasteiger partial charge in [0.25, 0.3) is 5.91 Å². The lowest BCUT2D eigenvalue weighted by Crippen LogP contribution is -2.26. The molecule has 2 heterocycles. The molecule has 0 aliphatic heterocycles. The maximum atomic E-state index is 12.5. The van der Waals surface area contributed by atoms with Crippen LogP contribution >= 0.6 is 11.3 Å². The van der Waals surface area contributed by atoms with Crippen LogP contribution in [0.1, 0.15) is 23.0 Å². The molecule has 1 aromatic carbocycles. The molecule has 0 atom stereocenters. The van der Waals surface area contributed by atoms with Crippen LogP contribution < -0.4 is 14.8 Å². The van der Waals surface area contributed by atoms with Crippen LogP contribution in [-0.2, 0) is 13.0 Å². The summed E-state index contributed by atoms with van der Waals surface area (Å²) >= 11 is 1.64. The van der Waals surface area contributed by atoms with E-state index in [9.17, 15) is 4.79 Å². The van der Waals surface area contributed by atoms with E-state index in [-0.39, 0.29) is 5.91 Å². The van der Waals surface area contributed by atoms with Crippen molar-refractivity contribution in [3.63, 3.8) is 0 Å². The van der Waals surface area contributed by atoms with Gasteiger partial charge >= 0.3 is 0 Å². The third-order valence-electron chi connectivity index (χ3n) is 4.23. The highest BCUT2D eigenvalue weighted by Gasteiger charge is 2.15. The molecule has 0 aliphatic rings. The minimum atomic E-state index is -0.166. The van der Waals surface area contributed by atoms with Gasteiger partial charge in [-0.25, -0.2) is 0 Å². The number of aromatic nitrogens is 2. The number of aryl methyl sites for hydroxylation is 1. The van der Waals surface area contributed by atoms with E-state index in [0.717, 1.165) is 16.1 Å². The molecule has 1 amide bonds. The molecule has 0 fully saturated rings. The number of methoxy groups -OCH3 is 2. The Balaban J connectivity index is 1.63. The third-order valence-corrected chi connectivity index (χ3v) is 5.13. The van der Waals surface area contributed by atoms with Crippen LogP contribution in [0.25, 0.3) is 10.6 Å². The van der Waals surface area contributed by atoms with Gasteiger partial charge in [-0.1, -0.05) is 12.1 Å². The second-order valence-electron chi connectivity index (χ2n) is 5.90. The molecular weight excluding hydrogens is 362 g/mol. The summed E-state index contributed by atoms with van der Waals surface area (Å²) in [6.45, 7) is 3.25. The van der Waals surface area contributed by atoms with Crippen molar-refractivity contribution >= 4 is 17.2 Å². The Morgan fingerprint density at radius 2 is 2.00 bits per heavy atom. The summed E-state index contributed by atoms with van der Waals surface area (Å²) < 4.78 is 12.4. The lowest BCUT2D eigenvalue weighted by Gasteiger charge is -2.09. The monoisotopic (exact) mass is 385 g/mol. The van der Waals surface area contributed by atoms with Gasteiger partial charge in [-0.05, 0) is 48.6 Å². The molecule has 0 saturated carbocycles. The number of ether oxygens (including phenoxy) is 2. The maximum Gasteiger partial charge on any atom is 0.271 e. The second-order valence-corrected chi connectivity index (χ2v) is 6.85. The highest BCUT2D eigenvalue weighted by Crippen LogP contribution is 2.28. The zero-order chi connectivity index (χ0) is 19.2. The predicted octanol–water partition coefficient (Wildman–Crippen LogP) is 3.62. The number of rotatable bonds is 8. The molecule has 2 aromatic heterocycles. The van der Waals surface area contributed by atoms with Crippen LogP contribution in [0.4, 0.5) is 0 Å². The van der Waals surface area contributed by atoms with Crippen molar-refractivity contribution < 1.29 is 14.3 Å². The fraction of sp³-hybridized carbons (Fsp3) is 0.300. The Morgan fingerprint density at radius 1 is 1.19 bits per heavy atom. The number of thiophene rings is 1. The number of hydrogen-bond acceptors (Lipinski definition) is 5. The lowest BCUT2D eigenvalue weighted by molar-refractivity contribution is 0.0948. The van der Waals surface area contributed by atoms with Gasteiger partial charge in [-0.15, -0.1) is 11.3 Å². The van der Waals surface area contributed by atoms with Gasteiger partial charge in [0.1, 0.15) is 0 Å². The number of hydrogen-bond donors (Lipinski definition) is 1. The predicted molar refractivity (Wildman–Crippen MR) is 107 cm³/mol.